The number of alkyl halides is 3. The maximum absolute atomic E-state index is 12.3. The Morgan fingerprint density at radius 2 is 1.52 bits per heavy atom. The van der Waals surface area contributed by atoms with Crippen LogP contribution in [0.2, 0.25) is 0 Å². The number of anilines is 1. The van der Waals surface area contributed by atoms with Gasteiger partial charge in [-0.15, -0.1) is 13.2 Å². The molecule has 1 N–H and O–H groups in total. The van der Waals surface area contributed by atoms with Gasteiger partial charge in [-0.05, 0) is 55.1 Å². The number of piperazine rings is 1. The van der Waals surface area contributed by atoms with Gasteiger partial charge in [-0.1, -0.05) is 12.1 Å². The Kier molecular flexibility index (Phi) is 5.19. The summed E-state index contributed by atoms with van der Waals surface area (Å²) in [6.07, 6.45) is -4.70. The number of hydrogen-bond donors (Lipinski definition) is 1. The standard InChI is InChI=1S/C21H21F3N4O/c1-27-10-12-28(13-11-27)17-6-2-15(3-7-17)19-14-20(26-25-19)16-4-8-18(9-5-16)29-21(22,23)24/h2-9,14H,10-13H2,1H3,(H,25,26). The van der Waals surface area contributed by atoms with Gasteiger partial charge in [0.05, 0.1) is 11.4 Å². The van der Waals surface area contributed by atoms with Crippen LogP contribution in [0, 0.1) is 0 Å². The predicted octanol–water partition coefficient (Wildman–Crippen LogP) is 4.39. The minimum absolute atomic E-state index is 0.253. The summed E-state index contributed by atoms with van der Waals surface area (Å²) in [5, 5.41) is 7.28. The second-order valence-corrected chi connectivity index (χ2v) is 7.08. The van der Waals surface area contributed by atoms with Crippen molar-refractivity contribution < 1.29 is 17.9 Å². The molecule has 29 heavy (non-hydrogen) atoms. The van der Waals surface area contributed by atoms with E-state index >= 15 is 0 Å². The van der Waals surface area contributed by atoms with Gasteiger partial charge in [0.15, 0.2) is 0 Å². The molecule has 1 aromatic heterocycles. The van der Waals surface area contributed by atoms with E-state index in [0.717, 1.165) is 37.4 Å². The van der Waals surface area contributed by atoms with Gasteiger partial charge in [-0.2, -0.15) is 5.10 Å². The molecule has 1 fully saturated rings. The van der Waals surface area contributed by atoms with Gasteiger partial charge in [0.1, 0.15) is 5.75 Å². The minimum atomic E-state index is -4.70. The predicted molar refractivity (Wildman–Crippen MR) is 106 cm³/mol. The molecule has 1 saturated heterocycles. The van der Waals surface area contributed by atoms with Crippen molar-refractivity contribution in [1.29, 1.82) is 0 Å². The summed E-state index contributed by atoms with van der Waals surface area (Å²) < 4.78 is 40.7. The van der Waals surface area contributed by atoms with E-state index in [4.69, 9.17) is 0 Å². The van der Waals surface area contributed by atoms with Crippen LogP contribution in [-0.4, -0.2) is 54.7 Å². The highest BCUT2D eigenvalue weighted by Gasteiger charge is 2.31. The van der Waals surface area contributed by atoms with Crippen LogP contribution in [0.15, 0.2) is 54.6 Å². The summed E-state index contributed by atoms with van der Waals surface area (Å²) in [4.78, 5) is 4.69. The lowest BCUT2D eigenvalue weighted by Gasteiger charge is -2.34. The molecule has 0 radical (unpaired) electrons. The molecule has 152 valence electrons. The number of H-pyrrole nitrogens is 1. The van der Waals surface area contributed by atoms with Crippen LogP contribution in [0.1, 0.15) is 0 Å². The Hall–Kier alpha value is -3.00. The molecule has 2 heterocycles. The van der Waals surface area contributed by atoms with Crippen molar-refractivity contribution in [1.82, 2.24) is 15.1 Å². The molecule has 5 nitrogen and oxygen atoms in total. The van der Waals surface area contributed by atoms with Gasteiger partial charge in [0.2, 0.25) is 0 Å². The van der Waals surface area contributed by atoms with Crippen molar-refractivity contribution in [3.8, 4) is 28.3 Å². The molecular weight excluding hydrogens is 381 g/mol. The first-order chi connectivity index (χ1) is 13.9. The second kappa shape index (κ2) is 7.79. The maximum Gasteiger partial charge on any atom is 0.573 e. The molecule has 4 rings (SSSR count). The number of aromatic nitrogens is 2. The third-order valence-electron chi connectivity index (χ3n) is 5.01. The summed E-state index contributed by atoms with van der Waals surface area (Å²) in [7, 11) is 2.13. The largest absolute Gasteiger partial charge is 0.573 e. The van der Waals surface area contributed by atoms with Crippen LogP contribution in [0.5, 0.6) is 5.75 Å². The van der Waals surface area contributed by atoms with Crippen molar-refractivity contribution in [3.63, 3.8) is 0 Å². The zero-order valence-corrected chi connectivity index (χ0v) is 15.9. The average molecular weight is 402 g/mol. The lowest BCUT2D eigenvalue weighted by Crippen LogP contribution is -2.44. The van der Waals surface area contributed by atoms with Crippen LogP contribution in [0.4, 0.5) is 18.9 Å². The molecule has 0 spiro atoms. The van der Waals surface area contributed by atoms with Gasteiger partial charge in [0.25, 0.3) is 0 Å². The highest BCUT2D eigenvalue weighted by Crippen LogP contribution is 2.28. The lowest BCUT2D eigenvalue weighted by atomic mass is 10.1. The van der Waals surface area contributed by atoms with E-state index in [1.165, 1.54) is 17.8 Å². The Labute approximate surface area is 166 Å². The molecule has 8 heteroatoms. The van der Waals surface area contributed by atoms with E-state index in [0.29, 0.717) is 11.3 Å². The average Bonchev–Trinajstić information content (AvgIpc) is 3.18. The molecule has 0 atom stereocenters. The number of likely N-dealkylation sites (N-methyl/N-ethyl adjacent to an activating group) is 1. The number of hydrogen-bond acceptors (Lipinski definition) is 4. The van der Waals surface area contributed by atoms with Crippen LogP contribution in [0.3, 0.4) is 0 Å². The topological polar surface area (TPSA) is 44.4 Å². The van der Waals surface area contributed by atoms with Crippen LogP contribution in [0.25, 0.3) is 22.5 Å². The van der Waals surface area contributed by atoms with E-state index in [1.807, 2.05) is 18.2 Å². The maximum atomic E-state index is 12.3. The molecular formula is C21H21F3N4O. The Balaban J connectivity index is 1.46. The van der Waals surface area contributed by atoms with Crippen molar-refractivity contribution in [2.24, 2.45) is 0 Å². The summed E-state index contributed by atoms with van der Waals surface area (Å²) in [5.41, 5.74) is 4.40. The summed E-state index contributed by atoms with van der Waals surface area (Å²) in [6.45, 7) is 4.13. The lowest BCUT2D eigenvalue weighted by molar-refractivity contribution is -0.274. The monoisotopic (exact) mass is 402 g/mol. The zero-order valence-electron chi connectivity index (χ0n) is 15.9. The van der Waals surface area contributed by atoms with E-state index in [9.17, 15) is 13.2 Å². The number of ether oxygens (including phenoxy) is 1. The van der Waals surface area contributed by atoms with Crippen LogP contribution >= 0.6 is 0 Å². The van der Waals surface area contributed by atoms with Gasteiger partial charge in [0, 0.05) is 37.4 Å². The van der Waals surface area contributed by atoms with Crippen molar-refractivity contribution in [2.45, 2.75) is 6.36 Å². The highest BCUT2D eigenvalue weighted by molar-refractivity contribution is 5.69. The number of benzene rings is 2. The fraction of sp³-hybridized carbons (Fsp3) is 0.286. The quantitative estimate of drug-likeness (QED) is 0.703. The third-order valence-corrected chi connectivity index (χ3v) is 5.01. The first kappa shape index (κ1) is 19.3. The number of rotatable bonds is 4. The highest BCUT2D eigenvalue weighted by atomic mass is 19.4. The molecule has 0 saturated carbocycles. The first-order valence-corrected chi connectivity index (χ1v) is 9.33. The number of halogens is 3. The van der Waals surface area contributed by atoms with Crippen LogP contribution < -0.4 is 9.64 Å². The van der Waals surface area contributed by atoms with Crippen LogP contribution in [-0.2, 0) is 0 Å². The number of aromatic amines is 1. The van der Waals surface area contributed by atoms with Gasteiger partial charge >= 0.3 is 6.36 Å². The summed E-state index contributed by atoms with van der Waals surface area (Å²) in [5.74, 6) is -0.253. The first-order valence-electron chi connectivity index (χ1n) is 9.33. The normalized spacial score (nSPS) is 15.5. The number of nitrogens with zero attached hydrogens (tertiary/aromatic N) is 3. The smallest absolute Gasteiger partial charge is 0.406 e. The van der Waals surface area contributed by atoms with E-state index in [1.54, 1.807) is 12.1 Å². The van der Waals surface area contributed by atoms with E-state index < -0.39 is 6.36 Å². The van der Waals surface area contributed by atoms with Gasteiger partial charge in [-0.25, -0.2) is 0 Å². The molecule has 0 amide bonds. The van der Waals surface area contributed by atoms with Crippen molar-refractivity contribution >= 4 is 5.69 Å². The van der Waals surface area contributed by atoms with E-state index in [-0.39, 0.29) is 5.75 Å². The van der Waals surface area contributed by atoms with Gasteiger partial charge < -0.3 is 14.5 Å². The fourth-order valence-corrected chi connectivity index (χ4v) is 3.36. The Morgan fingerprint density at radius 3 is 2.14 bits per heavy atom. The molecule has 0 aliphatic carbocycles. The second-order valence-electron chi connectivity index (χ2n) is 7.08. The third kappa shape index (κ3) is 4.71. The fourth-order valence-electron chi connectivity index (χ4n) is 3.36. The number of nitrogens with one attached hydrogen (secondary N) is 1. The SMILES string of the molecule is CN1CCN(c2ccc(-c3cc(-c4ccc(OC(F)(F)F)cc4)n[nH]3)cc2)CC1. The summed E-state index contributed by atoms with van der Waals surface area (Å²) in [6, 6.07) is 15.8. The minimum Gasteiger partial charge on any atom is -0.406 e. The molecule has 0 bridgehead atoms. The van der Waals surface area contributed by atoms with Crippen molar-refractivity contribution in [2.75, 3.05) is 38.1 Å². The molecule has 0 unspecified atom stereocenters. The zero-order chi connectivity index (χ0) is 20.4. The van der Waals surface area contributed by atoms with Gasteiger partial charge in [-0.3, -0.25) is 5.10 Å². The Bertz CT molecular complexity index is 943. The molecule has 1 aliphatic rings. The van der Waals surface area contributed by atoms with E-state index in [2.05, 4.69) is 43.9 Å². The molecule has 3 aromatic rings. The molecule has 2 aromatic carbocycles. The van der Waals surface area contributed by atoms with Crippen molar-refractivity contribution in [3.05, 3.63) is 54.6 Å². The molecule has 1 aliphatic heterocycles. The summed E-state index contributed by atoms with van der Waals surface area (Å²) >= 11 is 0. The Morgan fingerprint density at radius 1 is 0.897 bits per heavy atom.